The molecule has 0 fully saturated rings. The minimum atomic E-state index is -0.795. The first-order valence-corrected chi connectivity index (χ1v) is 7.68. The van der Waals surface area contributed by atoms with Gasteiger partial charge < -0.3 is 21.9 Å². The number of hydrogen-bond acceptors (Lipinski definition) is 7. The molecule has 3 atom stereocenters. The molecule has 1 aromatic heterocycles. The summed E-state index contributed by atoms with van der Waals surface area (Å²) in [6.07, 6.45) is -0.362. The van der Waals surface area contributed by atoms with Crippen LogP contribution in [0, 0.1) is 5.92 Å². The number of aromatic nitrogens is 2. The average Bonchev–Trinajstić information content (AvgIpc) is 2.51. The summed E-state index contributed by atoms with van der Waals surface area (Å²) in [6.45, 7) is 5.70. The number of carbonyl (C=O) groups excluding carboxylic acids is 1. The quantitative estimate of drug-likeness (QED) is 0.488. The summed E-state index contributed by atoms with van der Waals surface area (Å²) in [7, 11) is 0. The van der Waals surface area contributed by atoms with Crippen LogP contribution in [0.1, 0.15) is 27.2 Å². The van der Waals surface area contributed by atoms with Gasteiger partial charge in [0.25, 0.3) is 5.56 Å². The fourth-order valence-electron chi connectivity index (χ4n) is 2.59. The lowest BCUT2D eigenvalue weighted by molar-refractivity contribution is -0.121. The van der Waals surface area contributed by atoms with Crippen LogP contribution in [-0.2, 0) is 4.79 Å². The van der Waals surface area contributed by atoms with E-state index in [-0.39, 0.29) is 29.9 Å². The number of nitrogen functional groups attached to an aromatic ring is 1. The van der Waals surface area contributed by atoms with Crippen molar-refractivity contribution in [3.8, 4) is 0 Å². The number of fused-ring (bicyclic) bond motifs is 1. The van der Waals surface area contributed by atoms with Gasteiger partial charge in [-0.1, -0.05) is 20.8 Å². The summed E-state index contributed by atoms with van der Waals surface area (Å²) < 4.78 is 0. The third-order valence-corrected chi connectivity index (χ3v) is 4.07. The number of nitrogens with zero attached hydrogens (tertiary/aromatic N) is 2. The van der Waals surface area contributed by atoms with Gasteiger partial charge in [0.2, 0.25) is 11.9 Å². The first kappa shape index (κ1) is 17.2. The van der Waals surface area contributed by atoms with Crippen LogP contribution in [0.15, 0.2) is 4.79 Å². The standard InChI is InChI=1S/C14H24N6O3/c1-4-8(21)7-5-17-11-10(12(22)19-14(16)18-11)20(7)13(23)9(15)6(2)3/h6-9,21H,4-5,15H2,1-3H3,(H4,16,17,18,19,22). The van der Waals surface area contributed by atoms with E-state index in [0.717, 1.165) is 0 Å². The monoisotopic (exact) mass is 324 g/mol. The summed E-state index contributed by atoms with van der Waals surface area (Å²) in [5, 5.41) is 13.2. The average molecular weight is 324 g/mol. The number of aliphatic hydroxyl groups is 1. The van der Waals surface area contributed by atoms with Crippen LogP contribution in [0.25, 0.3) is 0 Å². The Morgan fingerprint density at radius 1 is 1.52 bits per heavy atom. The molecular weight excluding hydrogens is 300 g/mol. The zero-order valence-electron chi connectivity index (χ0n) is 13.5. The van der Waals surface area contributed by atoms with E-state index >= 15 is 0 Å². The summed E-state index contributed by atoms with van der Waals surface area (Å²) in [6, 6.07) is -1.39. The maximum Gasteiger partial charge on any atom is 0.278 e. The number of aliphatic hydroxyl groups excluding tert-OH is 1. The molecule has 128 valence electrons. The maximum atomic E-state index is 12.8. The molecule has 9 nitrogen and oxygen atoms in total. The fraction of sp³-hybridized carbons (Fsp3) is 0.643. The molecule has 0 aromatic carbocycles. The normalized spacial score (nSPS) is 19.9. The summed E-state index contributed by atoms with van der Waals surface area (Å²) in [4.78, 5) is 32.8. The van der Waals surface area contributed by atoms with Crippen LogP contribution < -0.4 is 27.2 Å². The summed E-state index contributed by atoms with van der Waals surface area (Å²) >= 11 is 0. The Bertz CT molecular complexity index is 644. The van der Waals surface area contributed by atoms with Gasteiger partial charge in [-0.25, -0.2) is 0 Å². The molecule has 1 amide bonds. The molecule has 1 aliphatic rings. The topological polar surface area (TPSA) is 150 Å². The van der Waals surface area contributed by atoms with Crippen molar-refractivity contribution in [3.05, 3.63) is 10.4 Å². The number of hydrogen-bond donors (Lipinski definition) is 5. The first-order valence-electron chi connectivity index (χ1n) is 7.68. The number of carbonyl (C=O) groups is 1. The minimum Gasteiger partial charge on any atom is -0.391 e. The molecular formula is C14H24N6O3. The van der Waals surface area contributed by atoms with Crippen molar-refractivity contribution in [1.82, 2.24) is 9.97 Å². The number of aromatic amines is 1. The first-order chi connectivity index (χ1) is 10.8. The van der Waals surface area contributed by atoms with E-state index < -0.39 is 29.7 Å². The molecule has 1 aliphatic heterocycles. The number of nitrogens with one attached hydrogen (secondary N) is 2. The van der Waals surface area contributed by atoms with Gasteiger partial charge in [-0.05, 0) is 12.3 Å². The van der Waals surface area contributed by atoms with E-state index in [0.29, 0.717) is 6.42 Å². The molecule has 9 heteroatoms. The van der Waals surface area contributed by atoms with Gasteiger partial charge in [0, 0.05) is 6.54 Å². The number of rotatable bonds is 4. The number of H-pyrrole nitrogens is 1. The van der Waals surface area contributed by atoms with Crippen molar-refractivity contribution in [2.24, 2.45) is 11.7 Å². The Morgan fingerprint density at radius 3 is 2.74 bits per heavy atom. The molecule has 0 radical (unpaired) electrons. The van der Waals surface area contributed by atoms with E-state index in [2.05, 4.69) is 15.3 Å². The van der Waals surface area contributed by atoms with Crippen molar-refractivity contribution in [2.45, 2.75) is 45.4 Å². The highest BCUT2D eigenvalue weighted by Crippen LogP contribution is 2.29. The van der Waals surface area contributed by atoms with Crippen molar-refractivity contribution in [3.63, 3.8) is 0 Å². The molecule has 0 aliphatic carbocycles. The second-order valence-corrected chi connectivity index (χ2v) is 6.05. The van der Waals surface area contributed by atoms with Gasteiger partial charge in [-0.15, -0.1) is 0 Å². The SMILES string of the molecule is CCC(O)C1CNc2nc(N)[nH]c(=O)c2N1C(=O)C(N)C(C)C. The molecule has 23 heavy (non-hydrogen) atoms. The van der Waals surface area contributed by atoms with Gasteiger partial charge in [0.1, 0.15) is 0 Å². The van der Waals surface area contributed by atoms with E-state index in [1.165, 1.54) is 4.90 Å². The largest absolute Gasteiger partial charge is 0.391 e. The summed E-state index contributed by atoms with van der Waals surface area (Å²) in [5.41, 5.74) is 11.0. The second kappa shape index (κ2) is 6.55. The molecule has 2 rings (SSSR count). The van der Waals surface area contributed by atoms with Crippen molar-refractivity contribution in [2.75, 3.05) is 22.5 Å². The molecule has 0 spiro atoms. The van der Waals surface area contributed by atoms with Crippen LogP contribution in [0.3, 0.4) is 0 Å². The smallest absolute Gasteiger partial charge is 0.278 e. The molecule has 3 unspecified atom stereocenters. The van der Waals surface area contributed by atoms with Crippen molar-refractivity contribution in [1.29, 1.82) is 0 Å². The van der Waals surface area contributed by atoms with Crippen LogP contribution >= 0.6 is 0 Å². The van der Waals surface area contributed by atoms with Gasteiger partial charge in [-0.2, -0.15) is 4.98 Å². The van der Waals surface area contributed by atoms with Crippen LogP contribution in [-0.4, -0.2) is 45.7 Å². The third-order valence-electron chi connectivity index (χ3n) is 4.07. The minimum absolute atomic E-state index is 0.0451. The van der Waals surface area contributed by atoms with Crippen LogP contribution in [0.4, 0.5) is 17.5 Å². The Hall–Kier alpha value is -2.13. The van der Waals surface area contributed by atoms with Gasteiger partial charge in [0.05, 0.1) is 18.2 Å². The third kappa shape index (κ3) is 3.15. The van der Waals surface area contributed by atoms with Crippen molar-refractivity contribution >= 4 is 23.4 Å². The van der Waals surface area contributed by atoms with Gasteiger partial charge >= 0.3 is 0 Å². The highest BCUT2D eigenvalue weighted by atomic mass is 16.3. The lowest BCUT2D eigenvalue weighted by Crippen LogP contribution is -2.60. The van der Waals surface area contributed by atoms with Crippen LogP contribution in [0.2, 0.25) is 0 Å². The lowest BCUT2D eigenvalue weighted by atomic mass is 9.98. The molecule has 0 bridgehead atoms. The Morgan fingerprint density at radius 2 is 2.17 bits per heavy atom. The molecule has 0 saturated heterocycles. The van der Waals surface area contributed by atoms with E-state index in [1.807, 2.05) is 13.8 Å². The second-order valence-electron chi connectivity index (χ2n) is 6.05. The molecule has 1 aromatic rings. The molecule has 7 N–H and O–H groups in total. The Balaban J connectivity index is 2.56. The highest BCUT2D eigenvalue weighted by Gasteiger charge is 2.39. The van der Waals surface area contributed by atoms with E-state index in [9.17, 15) is 14.7 Å². The predicted molar refractivity (Wildman–Crippen MR) is 88.1 cm³/mol. The zero-order chi connectivity index (χ0) is 17.3. The number of amides is 1. The highest BCUT2D eigenvalue weighted by molar-refractivity contribution is 6.00. The van der Waals surface area contributed by atoms with Gasteiger partial charge in [0.15, 0.2) is 11.5 Å². The zero-order valence-corrected chi connectivity index (χ0v) is 13.5. The molecule has 2 heterocycles. The predicted octanol–water partition coefficient (Wildman–Crippen LogP) is -0.767. The molecule has 0 saturated carbocycles. The van der Waals surface area contributed by atoms with Crippen LogP contribution in [0.5, 0.6) is 0 Å². The van der Waals surface area contributed by atoms with E-state index in [1.54, 1.807) is 6.92 Å². The van der Waals surface area contributed by atoms with Crippen molar-refractivity contribution < 1.29 is 9.90 Å². The Kier molecular flexibility index (Phi) is 4.90. The lowest BCUT2D eigenvalue weighted by Gasteiger charge is -2.40. The number of nitrogens with two attached hydrogens (primary N) is 2. The fourth-order valence-corrected chi connectivity index (χ4v) is 2.59. The summed E-state index contributed by atoms with van der Waals surface area (Å²) in [5.74, 6) is -0.357. The van der Waals surface area contributed by atoms with E-state index in [4.69, 9.17) is 11.5 Å². The Labute approximate surface area is 134 Å². The number of anilines is 3. The van der Waals surface area contributed by atoms with Gasteiger partial charge in [-0.3, -0.25) is 19.5 Å². The maximum absolute atomic E-state index is 12.8.